The topological polar surface area (TPSA) is 49.2 Å². The van der Waals surface area contributed by atoms with Crippen molar-refractivity contribution in [2.45, 2.75) is 31.7 Å². The largest absolute Gasteiger partial charge is 0.474 e. The minimum absolute atomic E-state index is 0.171. The van der Waals surface area contributed by atoms with Crippen LogP contribution in [0.25, 0.3) is 32.9 Å². The Hall–Kier alpha value is -3.70. The molecule has 1 fully saturated rings. The van der Waals surface area contributed by atoms with E-state index in [-0.39, 0.29) is 12.2 Å². The molecule has 5 aromatic rings. The molecule has 0 radical (unpaired) electrons. The van der Waals surface area contributed by atoms with E-state index in [1.54, 1.807) is 0 Å². The fourth-order valence-electron chi connectivity index (χ4n) is 4.56. The molecule has 0 amide bonds. The minimum atomic E-state index is 0.171. The molecule has 5 nitrogen and oxygen atoms in total. The standard InChI is InChI=1S/C28H25N3O2/c1-31-26-11-12-29-17-25(26)24-9-7-20(13-27(24)31)21-8-10-28(30-16-21)33-23-14-22(15-23)32-18-19-5-3-2-4-6-19/h2-13,16-17,22-23H,14-15,18H2,1H3. The van der Waals surface area contributed by atoms with Crippen LogP contribution in [-0.2, 0) is 18.4 Å². The molecule has 0 spiro atoms. The van der Waals surface area contributed by atoms with Gasteiger partial charge in [0.25, 0.3) is 0 Å². The van der Waals surface area contributed by atoms with Gasteiger partial charge in [0.2, 0.25) is 5.88 Å². The summed E-state index contributed by atoms with van der Waals surface area (Å²) < 4.78 is 14.2. The molecular formula is C28H25N3O2. The molecule has 0 bridgehead atoms. The highest BCUT2D eigenvalue weighted by Gasteiger charge is 2.32. The van der Waals surface area contributed by atoms with Crippen molar-refractivity contribution < 1.29 is 9.47 Å². The van der Waals surface area contributed by atoms with Crippen LogP contribution in [0.15, 0.2) is 85.3 Å². The van der Waals surface area contributed by atoms with Crippen LogP contribution in [0.4, 0.5) is 0 Å². The number of aromatic nitrogens is 3. The molecule has 3 aromatic heterocycles. The first-order valence-corrected chi connectivity index (χ1v) is 11.4. The number of rotatable bonds is 6. The number of aryl methyl sites for hydroxylation is 1. The smallest absolute Gasteiger partial charge is 0.213 e. The molecule has 1 aliphatic rings. The summed E-state index contributed by atoms with van der Waals surface area (Å²) in [5, 5.41) is 2.39. The number of fused-ring (bicyclic) bond motifs is 3. The Labute approximate surface area is 192 Å². The highest BCUT2D eigenvalue weighted by molar-refractivity contribution is 6.08. The van der Waals surface area contributed by atoms with Gasteiger partial charge in [0.1, 0.15) is 6.10 Å². The molecule has 1 aliphatic carbocycles. The van der Waals surface area contributed by atoms with Crippen LogP contribution in [-0.4, -0.2) is 26.7 Å². The molecule has 2 aromatic carbocycles. The summed E-state index contributed by atoms with van der Waals surface area (Å²) in [5.74, 6) is 0.669. The molecule has 0 atom stereocenters. The first-order chi connectivity index (χ1) is 16.2. The molecule has 164 valence electrons. The van der Waals surface area contributed by atoms with E-state index < -0.39 is 0 Å². The number of ether oxygens (including phenoxy) is 2. The molecule has 6 rings (SSSR count). The Balaban J connectivity index is 1.10. The third-order valence-electron chi connectivity index (χ3n) is 6.55. The van der Waals surface area contributed by atoms with Crippen molar-refractivity contribution in [3.63, 3.8) is 0 Å². The van der Waals surface area contributed by atoms with Crippen molar-refractivity contribution in [3.05, 3.63) is 90.9 Å². The first-order valence-electron chi connectivity index (χ1n) is 11.4. The zero-order chi connectivity index (χ0) is 22.2. The van der Waals surface area contributed by atoms with Crippen LogP contribution in [0.5, 0.6) is 5.88 Å². The molecule has 5 heteroatoms. The van der Waals surface area contributed by atoms with E-state index in [0.29, 0.717) is 12.5 Å². The molecule has 0 aliphatic heterocycles. The number of benzene rings is 2. The lowest BCUT2D eigenvalue weighted by Gasteiger charge is -2.34. The predicted molar refractivity (Wildman–Crippen MR) is 130 cm³/mol. The summed E-state index contributed by atoms with van der Waals surface area (Å²) >= 11 is 0. The minimum Gasteiger partial charge on any atom is -0.474 e. The number of hydrogen-bond acceptors (Lipinski definition) is 4. The lowest BCUT2D eigenvalue weighted by molar-refractivity contribution is -0.0694. The quantitative estimate of drug-likeness (QED) is 0.332. The second kappa shape index (κ2) is 8.34. The van der Waals surface area contributed by atoms with Crippen LogP contribution < -0.4 is 4.74 Å². The Bertz CT molecular complexity index is 1400. The summed E-state index contributed by atoms with van der Waals surface area (Å²) in [7, 11) is 2.10. The van der Waals surface area contributed by atoms with Crippen molar-refractivity contribution in [2.24, 2.45) is 7.05 Å². The number of nitrogens with zero attached hydrogens (tertiary/aromatic N) is 3. The van der Waals surface area contributed by atoms with Gasteiger partial charge in [-0.3, -0.25) is 4.98 Å². The van der Waals surface area contributed by atoms with Gasteiger partial charge in [-0.05, 0) is 29.3 Å². The first kappa shape index (κ1) is 19.9. The molecule has 0 N–H and O–H groups in total. The van der Waals surface area contributed by atoms with Crippen molar-refractivity contribution in [2.75, 3.05) is 0 Å². The van der Waals surface area contributed by atoms with E-state index in [1.165, 1.54) is 27.4 Å². The Morgan fingerprint density at radius 1 is 0.848 bits per heavy atom. The third kappa shape index (κ3) is 3.85. The van der Waals surface area contributed by atoms with Crippen LogP contribution in [0.3, 0.4) is 0 Å². The highest BCUT2D eigenvalue weighted by atomic mass is 16.5. The predicted octanol–water partition coefficient (Wildman–Crippen LogP) is 5.92. The molecule has 3 heterocycles. The summed E-state index contributed by atoms with van der Waals surface area (Å²) in [4.78, 5) is 8.85. The van der Waals surface area contributed by atoms with E-state index in [0.717, 1.165) is 24.0 Å². The van der Waals surface area contributed by atoms with Gasteiger partial charge in [0, 0.05) is 66.4 Å². The van der Waals surface area contributed by atoms with Gasteiger partial charge < -0.3 is 14.0 Å². The van der Waals surface area contributed by atoms with Crippen LogP contribution >= 0.6 is 0 Å². The van der Waals surface area contributed by atoms with Crippen molar-refractivity contribution in [3.8, 4) is 17.0 Å². The number of pyridine rings is 2. The Morgan fingerprint density at radius 2 is 1.70 bits per heavy atom. The van der Waals surface area contributed by atoms with Gasteiger partial charge in [0.05, 0.1) is 18.2 Å². The van der Waals surface area contributed by atoms with E-state index >= 15 is 0 Å². The fraction of sp³-hybridized carbons (Fsp3) is 0.214. The third-order valence-corrected chi connectivity index (χ3v) is 6.55. The van der Waals surface area contributed by atoms with Crippen LogP contribution in [0, 0.1) is 0 Å². The summed E-state index contributed by atoms with van der Waals surface area (Å²) in [6.45, 7) is 0.655. The average Bonchev–Trinajstić information content (AvgIpc) is 3.13. The lowest BCUT2D eigenvalue weighted by atomic mass is 9.92. The average molecular weight is 436 g/mol. The maximum Gasteiger partial charge on any atom is 0.213 e. The Morgan fingerprint density at radius 3 is 2.52 bits per heavy atom. The van der Waals surface area contributed by atoms with Gasteiger partial charge in [-0.2, -0.15) is 0 Å². The zero-order valence-corrected chi connectivity index (χ0v) is 18.5. The van der Waals surface area contributed by atoms with Crippen molar-refractivity contribution in [1.82, 2.24) is 14.5 Å². The van der Waals surface area contributed by atoms with Crippen LogP contribution in [0.1, 0.15) is 18.4 Å². The van der Waals surface area contributed by atoms with E-state index in [2.05, 4.69) is 64.0 Å². The molecule has 1 saturated carbocycles. The van der Waals surface area contributed by atoms with Gasteiger partial charge in [-0.25, -0.2) is 4.98 Å². The number of hydrogen-bond donors (Lipinski definition) is 0. The Kier molecular flexibility index (Phi) is 5.04. The summed E-state index contributed by atoms with van der Waals surface area (Å²) in [6.07, 6.45) is 7.91. The highest BCUT2D eigenvalue weighted by Crippen LogP contribution is 2.32. The van der Waals surface area contributed by atoms with Gasteiger partial charge >= 0.3 is 0 Å². The maximum absolute atomic E-state index is 6.05. The SMILES string of the molecule is Cn1c2ccncc2c2ccc(-c3ccc(OC4CC(OCc5ccccc5)C4)nc3)cc21. The summed E-state index contributed by atoms with van der Waals surface area (Å²) in [6, 6.07) is 22.9. The second-order valence-electron chi connectivity index (χ2n) is 8.70. The summed E-state index contributed by atoms with van der Waals surface area (Å²) in [5.41, 5.74) is 5.79. The fourth-order valence-corrected chi connectivity index (χ4v) is 4.56. The molecule has 0 unspecified atom stereocenters. The molecular weight excluding hydrogens is 410 g/mol. The van der Waals surface area contributed by atoms with Crippen molar-refractivity contribution >= 4 is 21.8 Å². The zero-order valence-electron chi connectivity index (χ0n) is 18.5. The molecule has 0 saturated heterocycles. The molecule has 33 heavy (non-hydrogen) atoms. The van der Waals surface area contributed by atoms with E-state index in [1.807, 2.05) is 42.9 Å². The van der Waals surface area contributed by atoms with Crippen molar-refractivity contribution in [1.29, 1.82) is 0 Å². The maximum atomic E-state index is 6.05. The lowest BCUT2D eigenvalue weighted by Crippen LogP contribution is -2.39. The van der Waals surface area contributed by atoms with E-state index in [4.69, 9.17) is 9.47 Å². The second-order valence-corrected chi connectivity index (χ2v) is 8.70. The van der Waals surface area contributed by atoms with Gasteiger partial charge in [0.15, 0.2) is 0 Å². The van der Waals surface area contributed by atoms with Crippen LogP contribution in [0.2, 0.25) is 0 Å². The monoisotopic (exact) mass is 435 g/mol. The van der Waals surface area contributed by atoms with Gasteiger partial charge in [-0.15, -0.1) is 0 Å². The van der Waals surface area contributed by atoms with E-state index in [9.17, 15) is 0 Å². The van der Waals surface area contributed by atoms with Gasteiger partial charge in [-0.1, -0.05) is 42.5 Å². The normalized spacial score (nSPS) is 17.8.